The fourth-order valence-corrected chi connectivity index (χ4v) is 2.26. The van der Waals surface area contributed by atoms with Crippen molar-refractivity contribution in [3.63, 3.8) is 0 Å². The van der Waals surface area contributed by atoms with Gasteiger partial charge < -0.3 is 15.3 Å². The van der Waals surface area contributed by atoms with E-state index in [4.69, 9.17) is 5.11 Å². The number of hydrogen-bond donors (Lipinski definition) is 2. The second-order valence-corrected chi connectivity index (χ2v) is 5.00. The summed E-state index contributed by atoms with van der Waals surface area (Å²) in [5.41, 5.74) is 1.33. The molecule has 0 bridgehead atoms. The van der Waals surface area contributed by atoms with Crippen molar-refractivity contribution < 1.29 is 19.5 Å². The molecular weight excluding hydrogens is 260 g/mol. The van der Waals surface area contributed by atoms with Gasteiger partial charge in [0, 0.05) is 25.7 Å². The Morgan fingerprint density at radius 2 is 2.10 bits per heavy atom. The summed E-state index contributed by atoms with van der Waals surface area (Å²) < 4.78 is 0. The molecule has 0 spiro atoms. The number of amides is 2. The molecule has 1 fully saturated rings. The first-order chi connectivity index (χ1) is 9.38. The molecule has 2 amide bonds. The zero-order chi connectivity index (χ0) is 14.9. The van der Waals surface area contributed by atoms with Crippen molar-refractivity contribution in [3.05, 3.63) is 29.3 Å². The zero-order valence-corrected chi connectivity index (χ0v) is 11.3. The standard InChI is InChI=1S/C14H16N2O4/c1-8-5-10(3-4-11(8)14(19)20)15-13(18)9-6-12(17)16(2)7-9/h3-5,9H,6-7H2,1-2H3,(H,15,18)(H,19,20). The Balaban J connectivity index is 2.07. The number of benzene rings is 1. The smallest absolute Gasteiger partial charge is 0.335 e. The summed E-state index contributed by atoms with van der Waals surface area (Å²) in [6.45, 7) is 2.09. The fourth-order valence-electron chi connectivity index (χ4n) is 2.26. The van der Waals surface area contributed by atoms with E-state index in [9.17, 15) is 14.4 Å². The molecule has 0 aromatic heterocycles. The van der Waals surface area contributed by atoms with Crippen LogP contribution in [0.1, 0.15) is 22.3 Å². The van der Waals surface area contributed by atoms with Gasteiger partial charge in [0.25, 0.3) is 0 Å². The Labute approximate surface area is 116 Å². The van der Waals surface area contributed by atoms with Crippen molar-refractivity contribution in [2.45, 2.75) is 13.3 Å². The van der Waals surface area contributed by atoms with E-state index >= 15 is 0 Å². The van der Waals surface area contributed by atoms with Crippen LogP contribution in [0.3, 0.4) is 0 Å². The third-order valence-electron chi connectivity index (χ3n) is 3.44. The maximum absolute atomic E-state index is 12.0. The molecule has 1 aliphatic heterocycles. The van der Waals surface area contributed by atoms with Crippen LogP contribution in [0.2, 0.25) is 0 Å². The molecular formula is C14H16N2O4. The molecule has 1 aromatic carbocycles. The molecule has 1 aliphatic rings. The molecule has 2 N–H and O–H groups in total. The third kappa shape index (κ3) is 2.79. The molecule has 106 valence electrons. The lowest BCUT2D eigenvalue weighted by Crippen LogP contribution is -2.25. The molecule has 2 rings (SSSR count). The van der Waals surface area contributed by atoms with E-state index in [2.05, 4.69) is 5.32 Å². The van der Waals surface area contributed by atoms with Crippen molar-refractivity contribution in [2.24, 2.45) is 5.92 Å². The monoisotopic (exact) mass is 276 g/mol. The van der Waals surface area contributed by atoms with Gasteiger partial charge in [-0.15, -0.1) is 0 Å². The number of aromatic carboxylic acids is 1. The molecule has 1 unspecified atom stereocenters. The van der Waals surface area contributed by atoms with Gasteiger partial charge in [-0.05, 0) is 30.7 Å². The van der Waals surface area contributed by atoms with Crippen molar-refractivity contribution in [1.29, 1.82) is 0 Å². The largest absolute Gasteiger partial charge is 0.478 e. The van der Waals surface area contributed by atoms with Crippen molar-refractivity contribution in [2.75, 3.05) is 18.9 Å². The van der Waals surface area contributed by atoms with Gasteiger partial charge in [0.15, 0.2) is 0 Å². The minimum Gasteiger partial charge on any atom is -0.478 e. The summed E-state index contributed by atoms with van der Waals surface area (Å²) in [6, 6.07) is 4.62. The second kappa shape index (κ2) is 5.32. The number of carbonyl (C=O) groups excluding carboxylic acids is 2. The van der Waals surface area contributed by atoms with Gasteiger partial charge in [0.2, 0.25) is 11.8 Å². The highest BCUT2D eigenvalue weighted by molar-refractivity contribution is 5.98. The summed E-state index contributed by atoms with van der Waals surface area (Å²) in [5, 5.41) is 11.7. The number of rotatable bonds is 3. The number of anilines is 1. The van der Waals surface area contributed by atoms with Crippen LogP contribution in [0.15, 0.2) is 18.2 Å². The highest BCUT2D eigenvalue weighted by Crippen LogP contribution is 2.20. The Kier molecular flexibility index (Phi) is 3.74. The average Bonchev–Trinajstić information content (AvgIpc) is 2.69. The van der Waals surface area contributed by atoms with Crippen LogP contribution >= 0.6 is 0 Å². The van der Waals surface area contributed by atoms with Crippen LogP contribution in [-0.2, 0) is 9.59 Å². The number of carboxylic acids is 1. The molecule has 6 nitrogen and oxygen atoms in total. The Morgan fingerprint density at radius 3 is 2.60 bits per heavy atom. The summed E-state index contributed by atoms with van der Waals surface area (Å²) in [4.78, 5) is 35.9. The van der Waals surface area contributed by atoms with Gasteiger partial charge in [0.1, 0.15) is 0 Å². The molecule has 0 aliphatic carbocycles. The number of carbonyl (C=O) groups is 3. The SMILES string of the molecule is Cc1cc(NC(=O)C2CC(=O)N(C)C2)ccc1C(=O)O. The highest BCUT2D eigenvalue weighted by atomic mass is 16.4. The first-order valence-electron chi connectivity index (χ1n) is 6.27. The molecule has 1 atom stereocenters. The summed E-state index contributed by atoms with van der Waals surface area (Å²) in [6.07, 6.45) is 0.217. The van der Waals surface area contributed by atoms with Crippen LogP contribution < -0.4 is 5.32 Å². The Hall–Kier alpha value is -2.37. The minimum absolute atomic E-state index is 0.0393. The predicted molar refractivity (Wildman–Crippen MR) is 72.5 cm³/mol. The van der Waals surface area contributed by atoms with Crippen LogP contribution in [0.25, 0.3) is 0 Å². The van der Waals surface area contributed by atoms with Crippen molar-refractivity contribution in [3.8, 4) is 0 Å². The number of hydrogen-bond acceptors (Lipinski definition) is 3. The highest BCUT2D eigenvalue weighted by Gasteiger charge is 2.32. The van der Waals surface area contributed by atoms with E-state index in [1.807, 2.05) is 0 Å². The van der Waals surface area contributed by atoms with Gasteiger partial charge in [-0.25, -0.2) is 4.79 Å². The number of nitrogens with one attached hydrogen (secondary N) is 1. The molecule has 20 heavy (non-hydrogen) atoms. The molecule has 1 heterocycles. The quantitative estimate of drug-likeness (QED) is 0.865. The minimum atomic E-state index is -0.997. The number of carboxylic acid groups (broad SMARTS) is 1. The van der Waals surface area contributed by atoms with E-state index in [1.54, 1.807) is 26.1 Å². The summed E-state index contributed by atoms with van der Waals surface area (Å²) in [5.74, 6) is -1.61. The zero-order valence-electron chi connectivity index (χ0n) is 11.3. The van der Waals surface area contributed by atoms with Crippen molar-refractivity contribution in [1.82, 2.24) is 4.90 Å². The lowest BCUT2D eigenvalue weighted by Gasteiger charge is -2.12. The Bertz CT molecular complexity index is 583. The van der Waals surface area contributed by atoms with Crippen LogP contribution in [-0.4, -0.2) is 41.4 Å². The van der Waals surface area contributed by atoms with Crippen LogP contribution in [0, 0.1) is 12.8 Å². The van der Waals surface area contributed by atoms with Gasteiger partial charge in [0.05, 0.1) is 11.5 Å². The lowest BCUT2D eigenvalue weighted by atomic mass is 10.1. The van der Waals surface area contributed by atoms with Gasteiger partial charge in [-0.3, -0.25) is 9.59 Å². The summed E-state index contributed by atoms with van der Waals surface area (Å²) in [7, 11) is 1.67. The normalized spacial score (nSPS) is 18.2. The maximum atomic E-state index is 12.0. The fraction of sp³-hybridized carbons (Fsp3) is 0.357. The maximum Gasteiger partial charge on any atom is 0.335 e. The molecule has 0 saturated carbocycles. The predicted octanol–water partition coefficient (Wildman–Crippen LogP) is 1.11. The molecule has 1 saturated heterocycles. The first kappa shape index (κ1) is 14.0. The third-order valence-corrected chi connectivity index (χ3v) is 3.44. The van der Waals surface area contributed by atoms with E-state index < -0.39 is 5.97 Å². The van der Waals surface area contributed by atoms with E-state index in [0.29, 0.717) is 17.8 Å². The second-order valence-electron chi connectivity index (χ2n) is 5.00. The Morgan fingerprint density at radius 1 is 1.40 bits per heavy atom. The van der Waals surface area contributed by atoms with E-state index in [0.717, 1.165) is 0 Å². The van der Waals surface area contributed by atoms with E-state index in [-0.39, 0.29) is 29.7 Å². The average molecular weight is 276 g/mol. The topological polar surface area (TPSA) is 86.7 Å². The van der Waals surface area contributed by atoms with Crippen molar-refractivity contribution >= 4 is 23.5 Å². The number of nitrogens with zero attached hydrogens (tertiary/aromatic N) is 1. The lowest BCUT2D eigenvalue weighted by molar-refractivity contribution is -0.127. The van der Waals surface area contributed by atoms with Crippen LogP contribution in [0.5, 0.6) is 0 Å². The van der Waals surface area contributed by atoms with Gasteiger partial charge in [-0.1, -0.05) is 0 Å². The molecule has 1 aromatic rings. The number of aryl methyl sites for hydroxylation is 1. The number of likely N-dealkylation sites (tertiary alicyclic amines) is 1. The molecule has 0 radical (unpaired) electrons. The van der Waals surface area contributed by atoms with Gasteiger partial charge in [-0.2, -0.15) is 0 Å². The van der Waals surface area contributed by atoms with Crippen LogP contribution in [0.4, 0.5) is 5.69 Å². The van der Waals surface area contributed by atoms with Gasteiger partial charge >= 0.3 is 5.97 Å². The molecule has 6 heteroatoms. The van der Waals surface area contributed by atoms with E-state index in [1.165, 1.54) is 11.0 Å². The first-order valence-corrected chi connectivity index (χ1v) is 6.27. The summed E-state index contributed by atoms with van der Waals surface area (Å²) >= 11 is 0.